The maximum atomic E-state index is 12.1. The van der Waals surface area contributed by atoms with E-state index in [4.69, 9.17) is 5.73 Å². The van der Waals surface area contributed by atoms with Gasteiger partial charge in [-0.15, -0.1) is 12.4 Å². The number of amides is 2. The van der Waals surface area contributed by atoms with Gasteiger partial charge in [-0.3, -0.25) is 9.59 Å². The fourth-order valence-corrected chi connectivity index (χ4v) is 2.56. The van der Waals surface area contributed by atoms with Gasteiger partial charge in [-0.05, 0) is 25.7 Å². The van der Waals surface area contributed by atoms with Crippen LogP contribution in [0.25, 0.3) is 0 Å². The molecule has 1 fully saturated rings. The molecular weight excluding hydrogens is 290 g/mol. The Kier molecular flexibility index (Phi) is 10.4. The van der Waals surface area contributed by atoms with Crippen molar-refractivity contribution < 1.29 is 9.59 Å². The van der Waals surface area contributed by atoms with E-state index in [2.05, 4.69) is 12.2 Å². The third-order valence-corrected chi connectivity index (χ3v) is 3.92. The lowest BCUT2D eigenvalue weighted by Gasteiger charge is -2.33. The number of nitrogens with one attached hydrogen (secondary N) is 1. The van der Waals surface area contributed by atoms with Gasteiger partial charge in [-0.2, -0.15) is 0 Å². The van der Waals surface area contributed by atoms with Crippen molar-refractivity contribution in [2.45, 2.75) is 58.4 Å². The number of hydrogen-bond acceptors (Lipinski definition) is 3. The second-order valence-corrected chi connectivity index (χ2v) is 5.64. The summed E-state index contributed by atoms with van der Waals surface area (Å²) in [6, 6.07) is -0.380. The zero-order valence-electron chi connectivity index (χ0n) is 13.3. The van der Waals surface area contributed by atoms with Crippen LogP contribution in [0.3, 0.4) is 0 Å². The molecule has 0 spiro atoms. The number of carbonyl (C=O) groups is 2. The molecule has 5 nitrogen and oxygen atoms in total. The lowest BCUT2D eigenvalue weighted by Crippen LogP contribution is -2.48. The highest BCUT2D eigenvalue weighted by molar-refractivity contribution is 5.85. The molecule has 1 rings (SSSR count). The highest BCUT2D eigenvalue weighted by Gasteiger charge is 2.28. The number of nitrogens with two attached hydrogens (primary N) is 1. The first-order valence-corrected chi connectivity index (χ1v) is 7.92. The van der Waals surface area contributed by atoms with Crippen molar-refractivity contribution in [2.24, 2.45) is 11.7 Å². The van der Waals surface area contributed by atoms with Crippen molar-refractivity contribution in [3.8, 4) is 0 Å². The second kappa shape index (κ2) is 10.9. The minimum Gasteiger partial charge on any atom is -0.356 e. The highest BCUT2D eigenvalue weighted by Crippen LogP contribution is 2.18. The maximum Gasteiger partial charge on any atom is 0.239 e. The molecule has 6 heteroatoms. The predicted octanol–water partition coefficient (Wildman–Crippen LogP) is 1.69. The molecule has 2 amide bonds. The molecule has 0 bridgehead atoms. The first kappa shape index (κ1) is 20.2. The van der Waals surface area contributed by atoms with Crippen molar-refractivity contribution in [3.05, 3.63) is 0 Å². The van der Waals surface area contributed by atoms with E-state index in [0.29, 0.717) is 13.1 Å². The molecule has 0 aromatic heterocycles. The molecule has 1 aliphatic rings. The summed E-state index contributed by atoms with van der Waals surface area (Å²) in [5.74, 6) is 0.235. The van der Waals surface area contributed by atoms with Crippen LogP contribution in [0.15, 0.2) is 0 Å². The summed E-state index contributed by atoms with van der Waals surface area (Å²) < 4.78 is 0. The Balaban J connectivity index is 0.00000400. The third kappa shape index (κ3) is 6.66. The molecule has 21 heavy (non-hydrogen) atoms. The summed E-state index contributed by atoms with van der Waals surface area (Å²) in [5.41, 5.74) is 5.86. The standard InChI is InChI=1S/C15H29N3O2.ClH/c1-3-5-9-17-14(19)12-7-10-18(11-8-12)15(20)13(16)6-4-2;/h12-13H,3-11,16H2,1-2H3,(H,17,19);1H. The van der Waals surface area contributed by atoms with E-state index < -0.39 is 0 Å². The summed E-state index contributed by atoms with van der Waals surface area (Å²) in [6.45, 7) is 6.20. The number of carbonyl (C=O) groups excluding carboxylic acids is 2. The minimum absolute atomic E-state index is 0. The van der Waals surface area contributed by atoms with Crippen LogP contribution in [0.1, 0.15) is 52.4 Å². The monoisotopic (exact) mass is 319 g/mol. The van der Waals surface area contributed by atoms with Gasteiger partial charge < -0.3 is 16.0 Å². The summed E-state index contributed by atoms with van der Waals surface area (Å²) in [6.07, 6.45) is 5.27. The van der Waals surface area contributed by atoms with E-state index in [-0.39, 0.29) is 36.2 Å². The van der Waals surface area contributed by atoms with Crippen LogP contribution >= 0.6 is 12.4 Å². The molecule has 1 unspecified atom stereocenters. The Morgan fingerprint density at radius 2 is 1.86 bits per heavy atom. The number of nitrogens with zero attached hydrogens (tertiary/aromatic N) is 1. The third-order valence-electron chi connectivity index (χ3n) is 3.92. The van der Waals surface area contributed by atoms with Gasteiger partial charge in [0.05, 0.1) is 6.04 Å². The Labute approximate surface area is 134 Å². The van der Waals surface area contributed by atoms with Crippen molar-refractivity contribution in [1.29, 1.82) is 0 Å². The van der Waals surface area contributed by atoms with Crippen LogP contribution in [0.5, 0.6) is 0 Å². The molecule has 124 valence electrons. The molecule has 1 aliphatic heterocycles. The summed E-state index contributed by atoms with van der Waals surface area (Å²) in [5, 5.41) is 2.97. The molecule has 0 aliphatic carbocycles. The Hall–Kier alpha value is -0.810. The molecule has 0 aromatic rings. The highest BCUT2D eigenvalue weighted by atomic mass is 35.5. The van der Waals surface area contributed by atoms with E-state index >= 15 is 0 Å². The number of likely N-dealkylation sites (tertiary alicyclic amines) is 1. The van der Waals surface area contributed by atoms with E-state index in [1.54, 1.807) is 0 Å². The van der Waals surface area contributed by atoms with Crippen molar-refractivity contribution >= 4 is 24.2 Å². The fourth-order valence-electron chi connectivity index (χ4n) is 2.56. The van der Waals surface area contributed by atoms with Crippen molar-refractivity contribution in [2.75, 3.05) is 19.6 Å². The lowest BCUT2D eigenvalue weighted by molar-refractivity contribution is -0.136. The van der Waals surface area contributed by atoms with Gasteiger partial charge in [0, 0.05) is 25.6 Å². The lowest BCUT2D eigenvalue weighted by atomic mass is 9.95. The number of unbranched alkanes of at least 4 members (excludes halogenated alkanes) is 1. The van der Waals surface area contributed by atoms with Crippen LogP contribution in [-0.2, 0) is 9.59 Å². The number of rotatable bonds is 7. The van der Waals surface area contributed by atoms with Crippen molar-refractivity contribution in [3.63, 3.8) is 0 Å². The zero-order chi connectivity index (χ0) is 15.0. The van der Waals surface area contributed by atoms with E-state index in [1.165, 1.54) is 0 Å². The van der Waals surface area contributed by atoms with Gasteiger partial charge in [-0.25, -0.2) is 0 Å². The second-order valence-electron chi connectivity index (χ2n) is 5.64. The summed E-state index contributed by atoms with van der Waals surface area (Å²) >= 11 is 0. The van der Waals surface area contributed by atoms with Gasteiger partial charge in [0.25, 0.3) is 0 Å². The summed E-state index contributed by atoms with van der Waals surface area (Å²) in [7, 11) is 0. The van der Waals surface area contributed by atoms with E-state index in [9.17, 15) is 9.59 Å². The van der Waals surface area contributed by atoms with Crippen LogP contribution in [0, 0.1) is 5.92 Å². The van der Waals surface area contributed by atoms with Gasteiger partial charge in [-0.1, -0.05) is 26.7 Å². The first-order chi connectivity index (χ1) is 9.60. The summed E-state index contributed by atoms with van der Waals surface area (Å²) in [4.78, 5) is 25.8. The SMILES string of the molecule is CCCCNC(=O)C1CCN(C(=O)C(N)CCC)CC1.Cl. The van der Waals surface area contributed by atoms with Crippen LogP contribution in [-0.4, -0.2) is 42.4 Å². The Morgan fingerprint density at radius 3 is 2.38 bits per heavy atom. The molecule has 1 saturated heterocycles. The minimum atomic E-state index is -0.380. The molecule has 1 heterocycles. The molecule has 0 radical (unpaired) electrons. The average Bonchev–Trinajstić information content (AvgIpc) is 2.47. The number of piperidine rings is 1. The largest absolute Gasteiger partial charge is 0.356 e. The molecule has 0 aromatic carbocycles. The van der Waals surface area contributed by atoms with Crippen LogP contribution in [0.2, 0.25) is 0 Å². The quantitative estimate of drug-likeness (QED) is 0.701. The molecule has 3 N–H and O–H groups in total. The van der Waals surface area contributed by atoms with Crippen LogP contribution < -0.4 is 11.1 Å². The Bertz CT molecular complexity index is 318. The van der Waals surface area contributed by atoms with Gasteiger partial charge in [0.2, 0.25) is 11.8 Å². The van der Waals surface area contributed by atoms with E-state index in [1.807, 2.05) is 11.8 Å². The van der Waals surface area contributed by atoms with Crippen molar-refractivity contribution in [1.82, 2.24) is 10.2 Å². The average molecular weight is 320 g/mol. The Morgan fingerprint density at radius 1 is 1.24 bits per heavy atom. The maximum absolute atomic E-state index is 12.1. The molecule has 1 atom stereocenters. The van der Waals surface area contributed by atoms with Gasteiger partial charge in [0.1, 0.15) is 0 Å². The zero-order valence-corrected chi connectivity index (χ0v) is 14.1. The normalized spacial score (nSPS) is 17.0. The first-order valence-electron chi connectivity index (χ1n) is 7.92. The predicted molar refractivity (Wildman–Crippen MR) is 87.4 cm³/mol. The molecule has 0 saturated carbocycles. The number of halogens is 1. The van der Waals surface area contributed by atoms with Gasteiger partial charge in [0.15, 0.2) is 0 Å². The smallest absolute Gasteiger partial charge is 0.239 e. The van der Waals surface area contributed by atoms with E-state index in [0.717, 1.165) is 45.1 Å². The van der Waals surface area contributed by atoms with Crippen LogP contribution in [0.4, 0.5) is 0 Å². The topological polar surface area (TPSA) is 75.4 Å². The fraction of sp³-hybridized carbons (Fsp3) is 0.867. The number of hydrogen-bond donors (Lipinski definition) is 2. The van der Waals surface area contributed by atoms with Gasteiger partial charge >= 0.3 is 0 Å². The molecular formula is C15H30ClN3O2.